The van der Waals surface area contributed by atoms with E-state index in [1.165, 1.54) is 6.33 Å². The van der Waals surface area contributed by atoms with Gasteiger partial charge in [-0.25, -0.2) is 9.97 Å². The number of anilines is 1. The summed E-state index contributed by atoms with van der Waals surface area (Å²) in [5.41, 5.74) is 8.39. The maximum Gasteiger partial charge on any atom is 0.147 e. The standard InChI is InChI=1S/C14H12BrClN4O/c1-20-12(16)10(11-13(17)18-6-19-14(11)20)8-5-7(21-2)3-4-9(8)15/h3-6H,1-2H3,(H2,17,18,19). The third-order valence-electron chi connectivity index (χ3n) is 3.37. The number of nitrogen functional groups attached to an aromatic ring is 1. The van der Waals surface area contributed by atoms with Gasteiger partial charge in [-0.1, -0.05) is 27.5 Å². The van der Waals surface area contributed by atoms with E-state index in [2.05, 4.69) is 25.9 Å². The summed E-state index contributed by atoms with van der Waals surface area (Å²) >= 11 is 10.0. The number of aryl methyl sites for hydroxylation is 1. The molecule has 0 atom stereocenters. The zero-order valence-corrected chi connectivity index (χ0v) is 13.7. The normalized spacial score (nSPS) is 11.0. The molecule has 2 heterocycles. The minimum Gasteiger partial charge on any atom is -0.497 e. The Hall–Kier alpha value is -1.79. The summed E-state index contributed by atoms with van der Waals surface area (Å²) in [4.78, 5) is 8.33. The Morgan fingerprint density at radius 2 is 2.10 bits per heavy atom. The van der Waals surface area contributed by atoms with Gasteiger partial charge in [-0.2, -0.15) is 0 Å². The molecular weight excluding hydrogens is 356 g/mol. The molecule has 0 aliphatic carbocycles. The lowest BCUT2D eigenvalue weighted by Gasteiger charge is -2.08. The van der Waals surface area contributed by atoms with Crippen LogP contribution >= 0.6 is 27.5 Å². The Balaban J connectivity index is 2.43. The topological polar surface area (TPSA) is 66.0 Å². The van der Waals surface area contributed by atoms with Crippen molar-refractivity contribution in [2.24, 2.45) is 7.05 Å². The number of aromatic nitrogens is 3. The number of nitrogens with two attached hydrogens (primary N) is 1. The van der Waals surface area contributed by atoms with Crippen molar-refractivity contribution in [1.82, 2.24) is 14.5 Å². The molecule has 0 saturated carbocycles. The molecule has 21 heavy (non-hydrogen) atoms. The first kappa shape index (κ1) is 14.2. The predicted molar refractivity (Wildman–Crippen MR) is 87.6 cm³/mol. The van der Waals surface area contributed by atoms with E-state index < -0.39 is 0 Å². The SMILES string of the molecule is COc1ccc(Br)c(-c2c(Cl)n(C)c3ncnc(N)c23)c1. The number of rotatable bonds is 2. The molecule has 0 radical (unpaired) electrons. The summed E-state index contributed by atoms with van der Waals surface area (Å²) in [6.07, 6.45) is 1.43. The van der Waals surface area contributed by atoms with Gasteiger partial charge in [-0.3, -0.25) is 0 Å². The zero-order valence-electron chi connectivity index (χ0n) is 11.4. The number of nitrogens with zero attached hydrogens (tertiary/aromatic N) is 3. The number of hydrogen-bond donors (Lipinski definition) is 1. The second-order valence-corrected chi connectivity index (χ2v) is 5.74. The highest BCUT2D eigenvalue weighted by atomic mass is 79.9. The van der Waals surface area contributed by atoms with E-state index in [-0.39, 0.29) is 0 Å². The van der Waals surface area contributed by atoms with Crippen molar-refractivity contribution in [2.75, 3.05) is 12.8 Å². The van der Waals surface area contributed by atoms with E-state index in [1.807, 2.05) is 25.2 Å². The molecule has 0 amide bonds. The van der Waals surface area contributed by atoms with E-state index in [1.54, 1.807) is 11.7 Å². The number of ether oxygens (including phenoxy) is 1. The van der Waals surface area contributed by atoms with Gasteiger partial charge >= 0.3 is 0 Å². The van der Waals surface area contributed by atoms with Crippen LogP contribution in [0, 0.1) is 0 Å². The minimum atomic E-state index is 0.396. The fourth-order valence-electron chi connectivity index (χ4n) is 2.32. The highest BCUT2D eigenvalue weighted by molar-refractivity contribution is 9.10. The van der Waals surface area contributed by atoms with Crippen LogP contribution in [0.1, 0.15) is 0 Å². The molecule has 108 valence electrons. The van der Waals surface area contributed by atoms with Crippen molar-refractivity contribution in [1.29, 1.82) is 0 Å². The van der Waals surface area contributed by atoms with Gasteiger partial charge in [0.2, 0.25) is 0 Å². The molecule has 1 aromatic carbocycles. The lowest BCUT2D eigenvalue weighted by Crippen LogP contribution is -1.94. The van der Waals surface area contributed by atoms with E-state index in [0.717, 1.165) is 26.7 Å². The lowest BCUT2D eigenvalue weighted by atomic mass is 10.1. The Kier molecular flexibility index (Phi) is 3.51. The number of benzene rings is 1. The molecule has 0 aliphatic heterocycles. The lowest BCUT2D eigenvalue weighted by molar-refractivity contribution is 0.415. The first-order chi connectivity index (χ1) is 10.0. The monoisotopic (exact) mass is 366 g/mol. The summed E-state index contributed by atoms with van der Waals surface area (Å²) in [5, 5.41) is 1.28. The Bertz CT molecular complexity index is 847. The Morgan fingerprint density at radius 1 is 1.33 bits per heavy atom. The van der Waals surface area contributed by atoms with Crippen LogP contribution in [0.15, 0.2) is 29.0 Å². The third-order valence-corrected chi connectivity index (χ3v) is 4.50. The first-order valence-electron chi connectivity index (χ1n) is 6.13. The van der Waals surface area contributed by atoms with Crippen molar-refractivity contribution < 1.29 is 4.74 Å². The first-order valence-corrected chi connectivity index (χ1v) is 7.30. The highest BCUT2D eigenvalue weighted by Gasteiger charge is 2.21. The summed E-state index contributed by atoms with van der Waals surface area (Å²) in [5.74, 6) is 1.13. The number of methoxy groups -OCH3 is 1. The van der Waals surface area contributed by atoms with Gasteiger partial charge in [0, 0.05) is 22.6 Å². The molecule has 0 aliphatic rings. The summed E-state index contributed by atoms with van der Waals surface area (Å²) in [6.45, 7) is 0. The molecule has 0 bridgehead atoms. The van der Waals surface area contributed by atoms with Crippen LogP contribution in [0.2, 0.25) is 5.15 Å². The fourth-order valence-corrected chi connectivity index (χ4v) is 3.04. The smallest absolute Gasteiger partial charge is 0.147 e. The van der Waals surface area contributed by atoms with E-state index in [4.69, 9.17) is 22.1 Å². The Morgan fingerprint density at radius 3 is 2.81 bits per heavy atom. The molecule has 2 N–H and O–H groups in total. The van der Waals surface area contributed by atoms with E-state index in [0.29, 0.717) is 16.6 Å². The van der Waals surface area contributed by atoms with Gasteiger partial charge in [0.05, 0.1) is 12.5 Å². The summed E-state index contributed by atoms with van der Waals surface area (Å²) < 4.78 is 7.96. The molecule has 7 heteroatoms. The minimum absolute atomic E-state index is 0.396. The van der Waals surface area contributed by atoms with Gasteiger partial charge < -0.3 is 15.0 Å². The summed E-state index contributed by atoms with van der Waals surface area (Å²) in [7, 11) is 3.46. The van der Waals surface area contributed by atoms with Crippen LogP contribution < -0.4 is 10.5 Å². The van der Waals surface area contributed by atoms with Crippen LogP contribution in [0.3, 0.4) is 0 Å². The van der Waals surface area contributed by atoms with Crippen molar-refractivity contribution in [3.8, 4) is 16.9 Å². The second kappa shape index (κ2) is 5.20. The third kappa shape index (κ3) is 2.15. The molecule has 0 saturated heterocycles. The van der Waals surface area contributed by atoms with Crippen LogP contribution in [0.5, 0.6) is 5.75 Å². The van der Waals surface area contributed by atoms with Crippen molar-refractivity contribution in [3.05, 3.63) is 34.2 Å². The molecule has 0 unspecified atom stereocenters. The summed E-state index contributed by atoms with van der Waals surface area (Å²) in [6, 6.07) is 5.67. The number of halogens is 2. The molecule has 2 aromatic heterocycles. The predicted octanol–water partition coefficient (Wildman–Crippen LogP) is 3.64. The quantitative estimate of drug-likeness (QED) is 0.751. The fraction of sp³-hybridized carbons (Fsp3) is 0.143. The second-order valence-electron chi connectivity index (χ2n) is 4.53. The van der Waals surface area contributed by atoms with Crippen LogP contribution in [0.25, 0.3) is 22.2 Å². The molecule has 3 aromatic rings. The molecule has 0 spiro atoms. The van der Waals surface area contributed by atoms with Crippen molar-refractivity contribution >= 4 is 44.4 Å². The zero-order chi connectivity index (χ0) is 15.1. The maximum absolute atomic E-state index is 6.49. The van der Waals surface area contributed by atoms with Gasteiger partial charge in [-0.05, 0) is 18.2 Å². The Labute approximate surface area is 134 Å². The van der Waals surface area contributed by atoms with Gasteiger partial charge in [-0.15, -0.1) is 0 Å². The molecule has 3 rings (SSSR count). The van der Waals surface area contributed by atoms with Gasteiger partial charge in [0.1, 0.15) is 28.7 Å². The van der Waals surface area contributed by atoms with E-state index in [9.17, 15) is 0 Å². The van der Waals surface area contributed by atoms with Crippen LogP contribution in [-0.2, 0) is 7.05 Å². The number of fused-ring (bicyclic) bond motifs is 1. The van der Waals surface area contributed by atoms with Gasteiger partial charge in [0.15, 0.2) is 0 Å². The number of hydrogen-bond acceptors (Lipinski definition) is 4. The highest BCUT2D eigenvalue weighted by Crippen LogP contribution is 2.42. The maximum atomic E-state index is 6.49. The average molecular weight is 368 g/mol. The average Bonchev–Trinajstić information content (AvgIpc) is 2.74. The molecular formula is C14H12BrClN4O. The largest absolute Gasteiger partial charge is 0.497 e. The van der Waals surface area contributed by atoms with Crippen LogP contribution in [0.4, 0.5) is 5.82 Å². The molecule has 0 fully saturated rings. The van der Waals surface area contributed by atoms with Crippen molar-refractivity contribution in [2.45, 2.75) is 0 Å². The van der Waals surface area contributed by atoms with E-state index >= 15 is 0 Å². The van der Waals surface area contributed by atoms with Gasteiger partial charge in [0.25, 0.3) is 0 Å². The van der Waals surface area contributed by atoms with Crippen molar-refractivity contribution in [3.63, 3.8) is 0 Å². The molecule has 5 nitrogen and oxygen atoms in total. The van der Waals surface area contributed by atoms with Crippen LogP contribution in [-0.4, -0.2) is 21.6 Å².